The Balaban J connectivity index is 0.966. The highest BCUT2D eigenvalue weighted by atomic mass is 14.5. The second-order valence-corrected chi connectivity index (χ2v) is 18.6. The number of fused-ring (bicyclic) bond motifs is 11. The first-order valence-electron chi connectivity index (χ1n) is 23.6. The van der Waals surface area contributed by atoms with E-state index in [4.69, 9.17) is 0 Å². The van der Waals surface area contributed by atoms with Gasteiger partial charge < -0.3 is 0 Å². The van der Waals surface area contributed by atoms with E-state index in [1.54, 1.807) is 0 Å². The molecule has 0 N–H and O–H groups in total. The van der Waals surface area contributed by atoms with Gasteiger partial charge in [0.2, 0.25) is 0 Å². The molecule has 67 heavy (non-hydrogen) atoms. The summed E-state index contributed by atoms with van der Waals surface area (Å²) < 4.78 is 0. The molecule has 3 aliphatic carbocycles. The molecule has 2 unspecified atom stereocenters. The van der Waals surface area contributed by atoms with Crippen molar-refractivity contribution in [3.63, 3.8) is 0 Å². The minimum Gasteiger partial charge on any atom is -0.0622 e. The van der Waals surface area contributed by atoms with Gasteiger partial charge in [0.15, 0.2) is 0 Å². The van der Waals surface area contributed by atoms with E-state index in [0.29, 0.717) is 0 Å². The summed E-state index contributed by atoms with van der Waals surface area (Å²) in [4.78, 5) is 0. The summed E-state index contributed by atoms with van der Waals surface area (Å²) in [5, 5.41) is 2.56. The summed E-state index contributed by atoms with van der Waals surface area (Å²) >= 11 is 0. The van der Waals surface area contributed by atoms with Crippen LogP contribution in [0.15, 0.2) is 255 Å². The number of rotatable bonds is 6. The summed E-state index contributed by atoms with van der Waals surface area (Å²) in [6.07, 6.45) is 0. The summed E-state index contributed by atoms with van der Waals surface area (Å²) in [5.74, 6) is 0.235. The SMILES string of the molecule is c1ccc(-c2ccc(C3c4ccc(-c5ccc6c(c5)-c5ccccc5C6c5ccc6ccccc6c5)cc4-c4ccc5c(c43)-c3ccccc3C5(c3ccccc3)c3ccccc3)cc2)cc1. The predicted molar refractivity (Wildman–Crippen MR) is 278 cm³/mol. The third kappa shape index (κ3) is 5.60. The van der Waals surface area contributed by atoms with Gasteiger partial charge in [0.05, 0.1) is 5.41 Å². The minimum absolute atomic E-state index is 0.0452. The second kappa shape index (κ2) is 14.9. The molecule has 0 amide bonds. The fourth-order valence-electron chi connectivity index (χ4n) is 12.4. The smallest absolute Gasteiger partial charge is 0.0622 e. The first-order valence-corrected chi connectivity index (χ1v) is 23.6. The van der Waals surface area contributed by atoms with Gasteiger partial charge in [0, 0.05) is 11.8 Å². The number of benzene rings is 11. The molecule has 0 saturated carbocycles. The molecular formula is C67H44. The van der Waals surface area contributed by atoms with Crippen LogP contribution in [0.3, 0.4) is 0 Å². The molecule has 0 radical (unpaired) electrons. The number of hydrogen-bond donors (Lipinski definition) is 0. The zero-order valence-corrected chi connectivity index (χ0v) is 36.9. The Morgan fingerprint density at radius 2 is 0.791 bits per heavy atom. The van der Waals surface area contributed by atoms with E-state index in [9.17, 15) is 0 Å². The van der Waals surface area contributed by atoms with Crippen molar-refractivity contribution in [1.29, 1.82) is 0 Å². The van der Waals surface area contributed by atoms with Gasteiger partial charge in [-0.05, 0) is 134 Å². The molecular weight excluding hydrogens is 805 g/mol. The van der Waals surface area contributed by atoms with E-state index >= 15 is 0 Å². The van der Waals surface area contributed by atoms with Crippen molar-refractivity contribution in [3.8, 4) is 55.6 Å². The maximum absolute atomic E-state index is 2.49. The van der Waals surface area contributed by atoms with E-state index in [1.165, 1.54) is 122 Å². The highest BCUT2D eigenvalue weighted by molar-refractivity contribution is 5.97. The molecule has 0 spiro atoms. The maximum Gasteiger partial charge on any atom is 0.0713 e. The summed E-state index contributed by atoms with van der Waals surface area (Å²) in [6.45, 7) is 0. The van der Waals surface area contributed by atoms with Gasteiger partial charge in [-0.3, -0.25) is 0 Å². The average molecular weight is 849 g/mol. The molecule has 0 aromatic heterocycles. The highest BCUT2D eigenvalue weighted by Crippen LogP contribution is 2.62. The molecule has 0 nitrogen and oxygen atoms in total. The molecule has 11 aromatic rings. The second-order valence-electron chi connectivity index (χ2n) is 18.6. The van der Waals surface area contributed by atoms with E-state index in [0.717, 1.165) is 0 Å². The van der Waals surface area contributed by atoms with Crippen LogP contribution in [0.2, 0.25) is 0 Å². The van der Waals surface area contributed by atoms with Crippen LogP contribution in [0.4, 0.5) is 0 Å². The standard InChI is InChI=1S/C67H44/c1-4-16-43(17-5-1)45-28-31-46(32-29-45)64-56-37-35-49(48-34-36-55-59(41-48)53-24-12-13-25-54(53)63(55)50-33-30-44-18-10-11-19-47(44)40-50)42-60(56)57-38-39-62-65(66(57)64)58-26-14-15-27-61(58)67(62,51-20-6-2-7-21-51)52-22-8-3-9-23-52/h1-42,63-64H. The number of hydrogen-bond acceptors (Lipinski definition) is 0. The van der Waals surface area contributed by atoms with Crippen molar-refractivity contribution in [2.75, 3.05) is 0 Å². The third-order valence-corrected chi connectivity index (χ3v) is 15.3. The highest BCUT2D eigenvalue weighted by Gasteiger charge is 2.49. The first kappa shape index (κ1) is 38.0. The Bertz CT molecular complexity index is 3690. The molecule has 0 aliphatic heterocycles. The monoisotopic (exact) mass is 848 g/mol. The maximum atomic E-state index is 2.49. The molecule has 2 atom stereocenters. The van der Waals surface area contributed by atoms with Gasteiger partial charge >= 0.3 is 0 Å². The lowest BCUT2D eigenvalue weighted by atomic mass is 9.67. The lowest BCUT2D eigenvalue weighted by molar-refractivity contribution is 0.767. The predicted octanol–water partition coefficient (Wildman–Crippen LogP) is 16.9. The van der Waals surface area contributed by atoms with Crippen molar-refractivity contribution < 1.29 is 0 Å². The summed E-state index contributed by atoms with van der Waals surface area (Å²) in [6, 6.07) is 95.9. The zero-order valence-electron chi connectivity index (χ0n) is 36.9. The van der Waals surface area contributed by atoms with Gasteiger partial charge in [-0.25, -0.2) is 0 Å². The molecule has 0 saturated heterocycles. The third-order valence-electron chi connectivity index (χ3n) is 15.3. The lowest BCUT2D eigenvalue weighted by Gasteiger charge is -2.34. The fourth-order valence-corrected chi connectivity index (χ4v) is 12.4. The van der Waals surface area contributed by atoms with Crippen LogP contribution >= 0.6 is 0 Å². The molecule has 0 bridgehead atoms. The minimum atomic E-state index is -0.476. The molecule has 0 fully saturated rings. The average Bonchev–Trinajstić information content (AvgIpc) is 4.03. The van der Waals surface area contributed by atoms with Crippen LogP contribution in [0.5, 0.6) is 0 Å². The van der Waals surface area contributed by atoms with Crippen molar-refractivity contribution in [2.45, 2.75) is 17.3 Å². The molecule has 0 heterocycles. The summed E-state index contributed by atoms with van der Waals surface area (Å²) in [7, 11) is 0. The van der Waals surface area contributed by atoms with Gasteiger partial charge in [0.25, 0.3) is 0 Å². The van der Waals surface area contributed by atoms with E-state index < -0.39 is 5.41 Å². The topological polar surface area (TPSA) is 0 Å². The van der Waals surface area contributed by atoms with Crippen molar-refractivity contribution in [2.24, 2.45) is 0 Å². The van der Waals surface area contributed by atoms with Gasteiger partial charge in [0.1, 0.15) is 0 Å². The van der Waals surface area contributed by atoms with E-state index in [2.05, 4.69) is 255 Å². The molecule has 3 aliphatic rings. The Kier molecular flexibility index (Phi) is 8.43. The quantitative estimate of drug-likeness (QED) is 0.156. The van der Waals surface area contributed by atoms with Crippen LogP contribution in [0, 0.1) is 0 Å². The van der Waals surface area contributed by atoms with Crippen LogP contribution < -0.4 is 0 Å². The fraction of sp³-hybridized carbons (Fsp3) is 0.0448. The Hall–Kier alpha value is -8.32. The molecule has 14 rings (SSSR count). The van der Waals surface area contributed by atoms with Gasteiger partial charge in [-0.15, -0.1) is 0 Å². The van der Waals surface area contributed by atoms with Gasteiger partial charge in [-0.1, -0.05) is 243 Å². The summed E-state index contributed by atoms with van der Waals surface area (Å²) in [5.41, 5.74) is 25.9. The molecule has 11 aromatic carbocycles. The van der Waals surface area contributed by atoms with Crippen LogP contribution in [-0.2, 0) is 5.41 Å². The largest absolute Gasteiger partial charge is 0.0713 e. The van der Waals surface area contributed by atoms with Crippen molar-refractivity contribution in [3.05, 3.63) is 310 Å². The van der Waals surface area contributed by atoms with Crippen molar-refractivity contribution in [1.82, 2.24) is 0 Å². The van der Waals surface area contributed by atoms with Crippen LogP contribution in [0.25, 0.3) is 66.4 Å². The zero-order chi connectivity index (χ0) is 44.1. The Labute approximate surface area is 392 Å². The van der Waals surface area contributed by atoms with Crippen LogP contribution in [0.1, 0.15) is 67.5 Å². The van der Waals surface area contributed by atoms with Crippen LogP contribution in [-0.4, -0.2) is 0 Å². The first-order chi connectivity index (χ1) is 33.2. The Morgan fingerprint density at radius 1 is 0.269 bits per heavy atom. The van der Waals surface area contributed by atoms with E-state index in [-0.39, 0.29) is 11.8 Å². The van der Waals surface area contributed by atoms with Crippen molar-refractivity contribution >= 4 is 10.8 Å². The molecule has 0 heteroatoms. The lowest BCUT2D eigenvalue weighted by Crippen LogP contribution is -2.28. The normalized spacial score (nSPS) is 15.6. The molecule has 312 valence electrons. The van der Waals surface area contributed by atoms with E-state index in [1.807, 2.05) is 0 Å². The Morgan fingerprint density at radius 3 is 1.51 bits per heavy atom. The van der Waals surface area contributed by atoms with Gasteiger partial charge in [-0.2, -0.15) is 0 Å².